The van der Waals surface area contributed by atoms with E-state index in [0.717, 1.165) is 13.0 Å². The summed E-state index contributed by atoms with van der Waals surface area (Å²) in [5, 5.41) is 3.22. The molecule has 82 valence electrons. The molecule has 2 nitrogen and oxygen atoms in total. The van der Waals surface area contributed by atoms with Gasteiger partial charge in [-0.1, -0.05) is 13.0 Å². The molecule has 1 aliphatic heterocycles. The SMILES string of the molecule is C=CC(C)(CNC)CC1CCC(C)O1. The maximum atomic E-state index is 5.83. The molecule has 0 aromatic carbocycles. The molecule has 1 saturated heterocycles. The van der Waals surface area contributed by atoms with Crippen LogP contribution >= 0.6 is 0 Å². The Bertz CT molecular complexity index is 193. The predicted molar refractivity (Wildman–Crippen MR) is 60.4 cm³/mol. The van der Waals surface area contributed by atoms with Crippen molar-refractivity contribution in [2.45, 2.75) is 45.3 Å². The molecule has 1 fully saturated rings. The highest BCUT2D eigenvalue weighted by atomic mass is 16.5. The van der Waals surface area contributed by atoms with Crippen LogP contribution in [0.25, 0.3) is 0 Å². The smallest absolute Gasteiger partial charge is 0.0588 e. The fourth-order valence-corrected chi connectivity index (χ4v) is 2.19. The molecule has 0 saturated carbocycles. The largest absolute Gasteiger partial charge is 0.375 e. The van der Waals surface area contributed by atoms with Gasteiger partial charge in [-0.05, 0) is 33.2 Å². The summed E-state index contributed by atoms with van der Waals surface area (Å²) in [6, 6.07) is 0. The summed E-state index contributed by atoms with van der Waals surface area (Å²) >= 11 is 0. The van der Waals surface area contributed by atoms with E-state index in [9.17, 15) is 0 Å². The van der Waals surface area contributed by atoms with Crippen LogP contribution in [0.2, 0.25) is 0 Å². The maximum absolute atomic E-state index is 5.83. The van der Waals surface area contributed by atoms with Crippen molar-refractivity contribution in [1.82, 2.24) is 5.32 Å². The zero-order valence-electron chi connectivity index (χ0n) is 9.68. The van der Waals surface area contributed by atoms with Crippen LogP contribution in [0.4, 0.5) is 0 Å². The van der Waals surface area contributed by atoms with Gasteiger partial charge in [0.1, 0.15) is 0 Å². The second-order valence-corrected chi connectivity index (χ2v) is 4.74. The van der Waals surface area contributed by atoms with Crippen molar-refractivity contribution in [2.24, 2.45) is 5.41 Å². The standard InChI is InChI=1S/C12H23NO/c1-5-12(3,9-13-4)8-11-7-6-10(2)14-11/h5,10-11,13H,1,6-9H2,2-4H3. The number of hydrogen-bond donors (Lipinski definition) is 1. The Labute approximate surface area is 87.7 Å². The van der Waals surface area contributed by atoms with E-state index in [1.54, 1.807) is 0 Å². The van der Waals surface area contributed by atoms with Crippen molar-refractivity contribution >= 4 is 0 Å². The summed E-state index contributed by atoms with van der Waals surface area (Å²) in [5.74, 6) is 0. The summed E-state index contributed by atoms with van der Waals surface area (Å²) in [4.78, 5) is 0. The van der Waals surface area contributed by atoms with E-state index in [-0.39, 0.29) is 5.41 Å². The van der Waals surface area contributed by atoms with Gasteiger partial charge in [0.25, 0.3) is 0 Å². The Balaban J connectivity index is 2.43. The first kappa shape index (κ1) is 11.7. The summed E-state index contributed by atoms with van der Waals surface area (Å²) in [7, 11) is 1.99. The zero-order chi connectivity index (χ0) is 10.6. The molecule has 0 aliphatic carbocycles. The van der Waals surface area contributed by atoms with Crippen LogP contribution in [0.3, 0.4) is 0 Å². The first-order valence-electron chi connectivity index (χ1n) is 5.53. The van der Waals surface area contributed by atoms with Crippen LogP contribution in [-0.4, -0.2) is 25.8 Å². The molecular weight excluding hydrogens is 174 g/mol. The van der Waals surface area contributed by atoms with E-state index >= 15 is 0 Å². The monoisotopic (exact) mass is 197 g/mol. The first-order valence-corrected chi connectivity index (χ1v) is 5.53. The first-order chi connectivity index (χ1) is 6.59. The van der Waals surface area contributed by atoms with E-state index in [1.165, 1.54) is 12.8 Å². The van der Waals surface area contributed by atoms with E-state index in [0.29, 0.717) is 12.2 Å². The van der Waals surface area contributed by atoms with Crippen LogP contribution in [0.1, 0.15) is 33.1 Å². The van der Waals surface area contributed by atoms with Crippen molar-refractivity contribution in [3.63, 3.8) is 0 Å². The molecular formula is C12H23NO. The number of rotatable bonds is 5. The van der Waals surface area contributed by atoms with Gasteiger partial charge < -0.3 is 10.1 Å². The topological polar surface area (TPSA) is 21.3 Å². The average molecular weight is 197 g/mol. The van der Waals surface area contributed by atoms with E-state index in [4.69, 9.17) is 4.74 Å². The molecule has 0 aromatic heterocycles. The minimum Gasteiger partial charge on any atom is -0.375 e. The van der Waals surface area contributed by atoms with Gasteiger partial charge in [-0.3, -0.25) is 0 Å². The molecule has 1 rings (SSSR count). The van der Waals surface area contributed by atoms with E-state index in [1.807, 2.05) is 7.05 Å². The van der Waals surface area contributed by atoms with Crippen molar-refractivity contribution < 1.29 is 4.74 Å². The maximum Gasteiger partial charge on any atom is 0.0588 e. The summed E-state index contributed by atoms with van der Waals surface area (Å²) in [6.07, 6.45) is 6.42. The second-order valence-electron chi connectivity index (χ2n) is 4.74. The molecule has 3 unspecified atom stereocenters. The molecule has 0 aromatic rings. The minimum absolute atomic E-state index is 0.170. The molecule has 1 heterocycles. The van der Waals surface area contributed by atoms with Crippen LogP contribution in [0.15, 0.2) is 12.7 Å². The molecule has 2 heteroatoms. The molecule has 1 N–H and O–H groups in total. The quantitative estimate of drug-likeness (QED) is 0.683. The third kappa shape index (κ3) is 3.10. The van der Waals surface area contributed by atoms with Crippen LogP contribution in [0.5, 0.6) is 0 Å². The van der Waals surface area contributed by atoms with Gasteiger partial charge in [-0.15, -0.1) is 6.58 Å². The predicted octanol–water partition coefficient (Wildman–Crippen LogP) is 2.36. The molecule has 0 amide bonds. The van der Waals surface area contributed by atoms with Gasteiger partial charge in [0.15, 0.2) is 0 Å². The third-order valence-corrected chi connectivity index (χ3v) is 3.09. The summed E-state index contributed by atoms with van der Waals surface area (Å²) in [5.41, 5.74) is 0.170. The molecule has 0 spiro atoms. The Hall–Kier alpha value is -0.340. The molecule has 0 bridgehead atoms. The summed E-state index contributed by atoms with van der Waals surface area (Å²) < 4.78 is 5.83. The zero-order valence-corrected chi connectivity index (χ0v) is 9.68. The highest BCUT2D eigenvalue weighted by Gasteiger charge is 2.29. The summed E-state index contributed by atoms with van der Waals surface area (Å²) in [6.45, 7) is 9.29. The Kier molecular flexibility index (Phi) is 4.14. The lowest BCUT2D eigenvalue weighted by molar-refractivity contribution is 0.0336. The van der Waals surface area contributed by atoms with Gasteiger partial charge >= 0.3 is 0 Å². The average Bonchev–Trinajstić information content (AvgIpc) is 2.51. The van der Waals surface area contributed by atoms with E-state index < -0.39 is 0 Å². The molecule has 14 heavy (non-hydrogen) atoms. The second kappa shape index (κ2) is 4.94. The van der Waals surface area contributed by atoms with Gasteiger partial charge in [-0.25, -0.2) is 0 Å². The number of ether oxygens (including phenoxy) is 1. The Morgan fingerprint density at radius 1 is 1.57 bits per heavy atom. The van der Waals surface area contributed by atoms with E-state index in [2.05, 4.69) is 31.8 Å². The molecule has 1 aliphatic rings. The number of hydrogen-bond acceptors (Lipinski definition) is 2. The highest BCUT2D eigenvalue weighted by molar-refractivity contribution is 4.95. The lowest BCUT2D eigenvalue weighted by Crippen LogP contribution is -2.31. The Morgan fingerprint density at radius 3 is 2.71 bits per heavy atom. The third-order valence-electron chi connectivity index (χ3n) is 3.09. The van der Waals surface area contributed by atoms with Crippen molar-refractivity contribution in [3.8, 4) is 0 Å². The highest BCUT2D eigenvalue weighted by Crippen LogP contribution is 2.31. The fraction of sp³-hybridized carbons (Fsp3) is 0.833. The van der Waals surface area contributed by atoms with Crippen molar-refractivity contribution in [2.75, 3.05) is 13.6 Å². The lowest BCUT2D eigenvalue weighted by atomic mass is 9.84. The fourth-order valence-electron chi connectivity index (χ4n) is 2.19. The van der Waals surface area contributed by atoms with Crippen LogP contribution < -0.4 is 5.32 Å². The van der Waals surface area contributed by atoms with Gasteiger partial charge in [0.05, 0.1) is 12.2 Å². The van der Waals surface area contributed by atoms with Crippen molar-refractivity contribution in [1.29, 1.82) is 0 Å². The van der Waals surface area contributed by atoms with Crippen LogP contribution in [0, 0.1) is 5.41 Å². The lowest BCUT2D eigenvalue weighted by Gasteiger charge is -2.28. The molecule has 0 radical (unpaired) electrons. The normalized spacial score (nSPS) is 31.4. The van der Waals surface area contributed by atoms with Gasteiger partial charge in [0.2, 0.25) is 0 Å². The molecule has 3 atom stereocenters. The Morgan fingerprint density at radius 2 is 2.29 bits per heavy atom. The minimum atomic E-state index is 0.170. The number of nitrogens with one attached hydrogen (secondary N) is 1. The van der Waals surface area contributed by atoms with Crippen molar-refractivity contribution in [3.05, 3.63) is 12.7 Å². The van der Waals surface area contributed by atoms with Gasteiger partial charge in [-0.2, -0.15) is 0 Å². The van der Waals surface area contributed by atoms with Gasteiger partial charge in [0, 0.05) is 12.0 Å². The van der Waals surface area contributed by atoms with Crippen LogP contribution in [-0.2, 0) is 4.74 Å².